The van der Waals surface area contributed by atoms with Gasteiger partial charge in [0.15, 0.2) is 5.88 Å². The SMILES string of the molecule is CN(C(=O)NCc1ccncc1)c1ccc(N=C(c2ccccc2)c2c(O)[nH]c3cc(F)ccc23)cc1. The summed E-state index contributed by atoms with van der Waals surface area (Å²) < 4.78 is 13.8. The Hall–Kier alpha value is -4.98. The molecule has 0 aliphatic heterocycles. The van der Waals surface area contributed by atoms with Gasteiger partial charge in [-0.3, -0.25) is 9.88 Å². The summed E-state index contributed by atoms with van der Waals surface area (Å²) in [6.07, 6.45) is 3.37. The number of nitrogens with zero attached hydrogens (tertiary/aromatic N) is 3. The first-order valence-electron chi connectivity index (χ1n) is 11.6. The number of pyridine rings is 1. The van der Waals surface area contributed by atoms with Gasteiger partial charge in [-0.2, -0.15) is 0 Å². The molecule has 5 aromatic rings. The largest absolute Gasteiger partial charge is 0.494 e. The molecule has 3 aromatic carbocycles. The van der Waals surface area contributed by atoms with Crippen molar-refractivity contribution in [1.29, 1.82) is 0 Å². The van der Waals surface area contributed by atoms with Gasteiger partial charge in [0.2, 0.25) is 0 Å². The smallest absolute Gasteiger partial charge is 0.321 e. The lowest BCUT2D eigenvalue weighted by molar-refractivity contribution is 0.247. The van der Waals surface area contributed by atoms with Crippen LogP contribution in [0, 0.1) is 5.82 Å². The van der Waals surface area contributed by atoms with Crippen LogP contribution < -0.4 is 10.2 Å². The van der Waals surface area contributed by atoms with Gasteiger partial charge in [-0.1, -0.05) is 30.3 Å². The Labute approximate surface area is 212 Å². The molecule has 184 valence electrons. The zero-order valence-corrected chi connectivity index (χ0v) is 20.0. The number of aromatic hydroxyl groups is 1. The summed E-state index contributed by atoms with van der Waals surface area (Å²) in [5, 5.41) is 14.3. The van der Waals surface area contributed by atoms with Crippen molar-refractivity contribution >= 4 is 34.0 Å². The van der Waals surface area contributed by atoms with E-state index < -0.39 is 5.82 Å². The lowest BCUT2D eigenvalue weighted by Gasteiger charge is -2.18. The second kappa shape index (κ2) is 10.3. The van der Waals surface area contributed by atoms with Gasteiger partial charge in [0.05, 0.1) is 22.5 Å². The molecule has 2 heterocycles. The van der Waals surface area contributed by atoms with Gasteiger partial charge in [-0.25, -0.2) is 14.2 Å². The number of H-pyrrole nitrogens is 1. The summed E-state index contributed by atoms with van der Waals surface area (Å²) in [7, 11) is 1.69. The predicted molar refractivity (Wildman–Crippen MR) is 143 cm³/mol. The van der Waals surface area contributed by atoms with E-state index in [0.717, 1.165) is 11.1 Å². The van der Waals surface area contributed by atoms with Crippen LogP contribution in [0.3, 0.4) is 0 Å². The first kappa shape index (κ1) is 23.7. The van der Waals surface area contributed by atoms with Crippen molar-refractivity contribution in [1.82, 2.24) is 15.3 Å². The van der Waals surface area contributed by atoms with E-state index in [1.165, 1.54) is 17.0 Å². The van der Waals surface area contributed by atoms with E-state index in [9.17, 15) is 14.3 Å². The van der Waals surface area contributed by atoms with Gasteiger partial charge < -0.3 is 15.4 Å². The van der Waals surface area contributed by atoms with Crippen molar-refractivity contribution in [2.75, 3.05) is 11.9 Å². The second-order valence-corrected chi connectivity index (χ2v) is 8.45. The minimum absolute atomic E-state index is 0.0922. The number of nitrogens with one attached hydrogen (secondary N) is 2. The van der Waals surface area contributed by atoms with E-state index in [1.54, 1.807) is 49.8 Å². The van der Waals surface area contributed by atoms with Crippen LogP contribution in [-0.4, -0.2) is 33.9 Å². The summed E-state index contributed by atoms with van der Waals surface area (Å²) in [5.41, 5.74) is 4.57. The predicted octanol–water partition coefficient (Wildman–Crippen LogP) is 5.92. The number of rotatable bonds is 6. The number of halogens is 1. The molecule has 0 atom stereocenters. The summed E-state index contributed by atoms with van der Waals surface area (Å²) in [6.45, 7) is 0.395. The average molecular weight is 494 g/mol. The van der Waals surface area contributed by atoms with E-state index in [2.05, 4.69) is 15.3 Å². The highest BCUT2D eigenvalue weighted by molar-refractivity contribution is 6.21. The molecular formula is C29H24FN5O2. The number of hydrogen-bond donors (Lipinski definition) is 3. The minimum Gasteiger partial charge on any atom is -0.494 e. The quantitative estimate of drug-likeness (QED) is 0.256. The van der Waals surface area contributed by atoms with Gasteiger partial charge in [-0.15, -0.1) is 0 Å². The van der Waals surface area contributed by atoms with Gasteiger partial charge in [0.1, 0.15) is 5.82 Å². The number of carbonyl (C=O) groups is 1. The topological polar surface area (TPSA) is 93.6 Å². The lowest BCUT2D eigenvalue weighted by Crippen LogP contribution is -2.36. The summed E-state index contributed by atoms with van der Waals surface area (Å²) >= 11 is 0. The molecule has 0 saturated heterocycles. The minimum atomic E-state index is -0.400. The molecule has 2 aromatic heterocycles. The zero-order valence-electron chi connectivity index (χ0n) is 20.0. The Balaban J connectivity index is 1.44. The number of hydrogen-bond acceptors (Lipinski definition) is 4. The number of carbonyl (C=O) groups excluding carboxylic acids is 1. The number of aromatic nitrogens is 2. The molecule has 7 nitrogen and oxygen atoms in total. The molecular weight excluding hydrogens is 469 g/mol. The van der Waals surface area contributed by atoms with E-state index in [0.29, 0.717) is 40.1 Å². The highest BCUT2D eigenvalue weighted by Gasteiger charge is 2.19. The monoisotopic (exact) mass is 493 g/mol. The standard InChI is InChI=1S/C29H24FN5O2/c1-35(29(37)32-18-19-13-15-31-16-14-19)23-10-8-22(9-11-23)33-27(20-5-3-2-4-6-20)26-24-12-7-21(30)17-25(24)34-28(26)36/h2-17,34,36H,18H2,1H3,(H,32,37). The van der Waals surface area contributed by atoms with E-state index >= 15 is 0 Å². The van der Waals surface area contributed by atoms with Crippen molar-refractivity contribution in [3.05, 3.63) is 120 Å². The normalized spacial score (nSPS) is 11.5. The fraction of sp³-hybridized carbons (Fsp3) is 0.0690. The summed E-state index contributed by atoms with van der Waals surface area (Å²) in [5.74, 6) is -0.492. The Kier molecular flexibility index (Phi) is 6.63. The highest BCUT2D eigenvalue weighted by atomic mass is 19.1. The number of aliphatic imine (C=N–C) groups is 1. The lowest BCUT2D eigenvalue weighted by atomic mass is 10.0. The van der Waals surface area contributed by atoms with Crippen LogP contribution in [-0.2, 0) is 6.54 Å². The number of anilines is 1. The molecule has 0 saturated carbocycles. The van der Waals surface area contributed by atoms with E-state index in [1.807, 2.05) is 42.5 Å². The van der Waals surface area contributed by atoms with Crippen LogP contribution in [0.1, 0.15) is 16.7 Å². The maximum atomic E-state index is 13.8. The molecule has 0 fully saturated rings. The van der Waals surface area contributed by atoms with Crippen LogP contribution in [0.5, 0.6) is 5.88 Å². The van der Waals surface area contributed by atoms with Crippen LogP contribution in [0.4, 0.5) is 20.6 Å². The zero-order chi connectivity index (χ0) is 25.8. The van der Waals surface area contributed by atoms with Gasteiger partial charge in [0.25, 0.3) is 0 Å². The van der Waals surface area contributed by atoms with Crippen molar-refractivity contribution in [3.8, 4) is 5.88 Å². The van der Waals surface area contributed by atoms with Gasteiger partial charge in [0, 0.05) is 42.6 Å². The maximum absolute atomic E-state index is 13.8. The number of aromatic amines is 1. The highest BCUT2D eigenvalue weighted by Crippen LogP contribution is 2.32. The van der Waals surface area contributed by atoms with Crippen molar-refractivity contribution < 1.29 is 14.3 Å². The average Bonchev–Trinajstić information content (AvgIpc) is 3.25. The number of benzene rings is 3. The maximum Gasteiger partial charge on any atom is 0.321 e. The van der Waals surface area contributed by atoms with E-state index in [4.69, 9.17) is 4.99 Å². The fourth-order valence-corrected chi connectivity index (χ4v) is 4.05. The Morgan fingerprint density at radius 2 is 1.76 bits per heavy atom. The van der Waals surface area contributed by atoms with Crippen LogP contribution in [0.25, 0.3) is 10.9 Å². The van der Waals surface area contributed by atoms with Crippen LogP contribution in [0.15, 0.2) is 102 Å². The Bertz CT molecular complexity index is 1570. The molecule has 37 heavy (non-hydrogen) atoms. The second-order valence-electron chi connectivity index (χ2n) is 8.45. The molecule has 0 aliphatic carbocycles. The van der Waals surface area contributed by atoms with Crippen LogP contribution >= 0.6 is 0 Å². The van der Waals surface area contributed by atoms with Crippen molar-refractivity contribution in [2.24, 2.45) is 4.99 Å². The molecule has 0 aliphatic rings. The third-order valence-corrected chi connectivity index (χ3v) is 6.00. The third-order valence-electron chi connectivity index (χ3n) is 6.00. The molecule has 3 N–H and O–H groups in total. The first-order valence-corrected chi connectivity index (χ1v) is 11.6. The molecule has 8 heteroatoms. The number of urea groups is 1. The molecule has 2 amide bonds. The molecule has 0 bridgehead atoms. The molecule has 0 unspecified atom stereocenters. The van der Waals surface area contributed by atoms with Gasteiger partial charge in [-0.05, 0) is 60.2 Å². The Morgan fingerprint density at radius 1 is 1.03 bits per heavy atom. The van der Waals surface area contributed by atoms with Crippen molar-refractivity contribution in [2.45, 2.75) is 6.54 Å². The third kappa shape index (κ3) is 5.18. The van der Waals surface area contributed by atoms with Gasteiger partial charge >= 0.3 is 6.03 Å². The summed E-state index contributed by atoms with van der Waals surface area (Å²) in [4.78, 5) is 25.8. The van der Waals surface area contributed by atoms with Crippen molar-refractivity contribution in [3.63, 3.8) is 0 Å². The number of amides is 2. The van der Waals surface area contributed by atoms with E-state index in [-0.39, 0.29) is 11.9 Å². The number of fused-ring (bicyclic) bond motifs is 1. The molecule has 5 rings (SSSR count). The van der Waals surface area contributed by atoms with Crippen LogP contribution in [0.2, 0.25) is 0 Å². The fourth-order valence-electron chi connectivity index (χ4n) is 4.05. The summed E-state index contributed by atoms with van der Waals surface area (Å²) in [6, 6.07) is 24.4. The first-order chi connectivity index (χ1) is 18.0. The molecule has 0 spiro atoms. The molecule has 0 radical (unpaired) electrons. The Morgan fingerprint density at radius 3 is 2.49 bits per heavy atom.